The van der Waals surface area contributed by atoms with E-state index in [1.165, 1.54) is 23.1 Å². The summed E-state index contributed by atoms with van der Waals surface area (Å²) in [6, 6.07) is 3.74. The van der Waals surface area contributed by atoms with Gasteiger partial charge in [-0.2, -0.15) is 13.2 Å². The first-order valence-electron chi connectivity index (χ1n) is 7.85. The number of H-pyrrole nitrogens is 1. The molecule has 130 valence electrons. The van der Waals surface area contributed by atoms with E-state index in [1.54, 1.807) is 0 Å². The lowest BCUT2D eigenvalue weighted by Crippen LogP contribution is -2.39. The molecule has 1 fully saturated rings. The lowest BCUT2D eigenvalue weighted by atomic mass is 10.0. The van der Waals surface area contributed by atoms with Crippen LogP contribution in [-0.2, 0) is 4.79 Å². The van der Waals surface area contributed by atoms with Crippen molar-refractivity contribution in [2.45, 2.75) is 44.3 Å². The van der Waals surface area contributed by atoms with Gasteiger partial charge in [-0.3, -0.25) is 4.79 Å². The van der Waals surface area contributed by atoms with Crippen molar-refractivity contribution in [2.75, 3.05) is 6.54 Å². The maximum Gasteiger partial charge on any atom is 0.389 e. The third-order valence-electron chi connectivity index (χ3n) is 4.22. The zero-order valence-electron chi connectivity index (χ0n) is 12.9. The number of nitrogens with zero attached hydrogens (tertiary/aromatic N) is 2. The third kappa shape index (κ3) is 3.68. The van der Waals surface area contributed by atoms with E-state index in [4.69, 9.17) is 0 Å². The molecule has 1 aromatic carbocycles. The first-order chi connectivity index (χ1) is 11.3. The van der Waals surface area contributed by atoms with Crippen molar-refractivity contribution in [1.82, 2.24) is 14.9 Å². The number of hydrogen-bond acceptors (Lipinski definition) is 2. The van der Waals surface area contributed by atoms with E-state index in [0.717, 1.165) is 12.8 Å². The molecule has 1 aliphatic rings. The number of alkyl halides is 3. The topological polar surface area (TPSA) is 49.0 Å². The number of aromatic amines is 1. The number of amides is 1. The molecule has 1 saturated heterocycles. The molecule has 1 aromatic heterocycles. The molecule has 1 N–H and O–H groups in total. The second kappa shape index (κ2) is 6.41. The monoisotopic (exact) mass is 343 g/mol. The highest BCUT2D eigenvalue weighted by molar-refractivity contribution is 5.78. The van der Waals surface area contributed by atoms with Gasteiger partial charge < -0.3 is 9.88 Å². The number of likely N-dealkylation sites (tertiary alicyclic amines) is 1. The van der Waals surface area contributed by atoms with Gasteiger partial charge in [-0.1, -0.05) is 0 Å². The molecule has 0 spiro atoms. The van der Waals surface area contributed by atoms with Gasteiger partial charge in [0.2, 0.25) is 5.91 Å². The van der Waals surface area contributed by atoms with Gasteiger partial charge in [0.25, 0.3) is 0 Å². The van der Waals surface area contributed by atoms with E-state index in [-0.39, 0.29) is 0 Å². The molecule has 1 aliphatic heterocycles. The predicted octanol–water partition coefficient (Wildman–Crippen LogP) is 4.10. The molecular weight excluding hydrogens is 326 g/mol. The number of benzene rings is 1. The van der Waals surface area contributed by atoms with Gasteiger partial charge >= 0.3 is 6.18 Å². The zero-order valence-corrected chi connectivity index (χ0v) is 12.9. The molecule has 1 amide bonds. The van der Waals surface area contributed by atoms with Crippen molar-refractivity contribution in [1.29, 1.82) is 0 Å². The van der Waals surface area contributed by atoms with E-state index in [1.807, 2.05) is 0 Å². The number of aromatic nitrogens is 2. The first-order valence-corrected chi connectivity index (χ1v) is 7.85. The standard InChI is InChI=1S/C16H17F4N3O/c17-10-4-5-11-12(9-10)22-15(21-11)13-3-1-2-8-23(13)14(24)6-7-16(18,19)20/h4-5,9,13H,1-3,6-8H2,(H,21,22). The van der Waals surface area contributed by atoms with Crippen LogP contribution in [0.25, 0.3) is 11.0 Å². The minimum Gasteiger partial charge on any atom is -0.340 e. The van der Waals surface area contributed by atoms with E-state index < -0.39 is 36.8 Å². The summed E-state index contributed by atoms with van der Waals surface area (Å²) in [6.07, 6.45) is -3.80. The molecule has 1 atom stereocenters. The van der Waals surface area contributed by atoms with Gasteiger partial charge in [-0.15, -0.1) is 0 Å². The molecule has 0 bridgehead atoms. The lowest BCUT2D eigenvalue weighted by molar-refractivity contribution is -0.151. The Balaban J connectivity index is 1.81. The van der Waals surface area contributed by atoms with Gasteiger partial charge in [0.05, 0.1) is 23.5 Å². The molecule has 0 saturated carbocycles. The van der Waals surface area contributed by atoms with Crippen molar-refractivity contribution in [3.8, 4) is 0 Å². The molecule has 4 nitrogen and oxygen atoms in total. The minimum absolute atomic E-state index is 0.394. The fourth-order valence-corrected chi connectivity index (χ4v) is 3.07. The number of fused-ring (bicyclic) bond motifs is 1. The molecule has 2 aromatic rings. The van der Waals surface area contributed by atoms with Gasteiger partial charge in [0.1, 0.15) is 11.6 Å². The maximum absolute atomic E-state index is 13.3. The molecular formula is C16H17F4N3O. The highest BCUT2D eigenvalue weighted by Crippen LogP contribution is 2.32. The Hall–Kier alpha value is -2.12. The molecule has 0 radical (unpaired) electrons. The minimum atomic E-state index is -4.35. The van der Waals surface area contributed by atoms with Crippen molar-refractivity contribution in [2.24, 2.45) is 0 Å². The summed E-state index contributed by atoms with van der Waals surface area (Å²) in [5.41, 5.74) is 1.08. The summed E-state index contributed by atoms with van der Waals surface area (Å²) >= 11 is 0. The number of piperidine rings is 1. The Bertz CT molecular complexity index is 740. The van der Waals surface area contributed by atoms with Gasteiger partial charge in [0.15, 0.2) is 0 Å². The largest absolute Gasteiger partial charge is 0.389 e. The number of hydrogen-bond donors (Lipinski definition) is 1. The Labute approximate surface area is 135 Å². The fraction of sp³-hybridized carbons (Fsp3) is 0.500. The SMILES string of the molecule is O=C(CCC(F)(F)F)N1CCCCC1c1nc2ccc(F)cc2[nH]1. The van der Waals surface area contributed by atoms with Gasteiger partial charge in [-0.05, 0) is 37.5 Å². The van der Waals surface area contributed by atoms with E-state index in [0.29, 0.717) is 29.8 Å². The van der Waals surface area contributed by atoms with Crippen molar-refractivity contribution < 1.29 is 22.4 Å². The Morgan fingerprint density at radius 2 is 2.12 bits per heavy atom. The van der Waals surface area contributed by atoms with Gasteiger partial charge in [-0.25, -0.2) is 9.37 Å². The summed E-state index contributed by atoms with van der Waals surface area (Å²) in [5, 5.41) is 0. The second-order valence-electron chi connectivity index (χ2n) is 6.00. The molecule has 24 heavy (non-hydrogen) atoms. The Morgan fingerprint density at radius 1 is 1.33 bits per heavy atom. The number of nitrogens with one attached hydrogen (secondary N) is 1. The number of halogens is 4. The van der Waals surface area contributed by atoms with Crippen LogP contribution in [0.5, 0.6) is 0 Å². The second-order valence-corrected chi connectivity index (χ2v) is 6.00. The van der Waals surface area contributed by atoms with Crippen LogP contribution in [0.3, 0.4) is 0 Å². The van der Waals surface area contributed by atoms with Gasteiger partial charge in [0, 0.05) is 13.0 Å². The number of rotatable bonds is 3. The van der Waals surface area contributed by atoms with E-state index in [2.05, 4.69) is 9.97 Å². The normalized spacial score (nSPS) is 19.0. The Morgan fingerprint density at radius 3 is 2.88 bits per heavy atom. The lowest BCUT2D eigenvalue weighted by Gasteiger charge is -2.34. The van der Waals surface area contributed by atoms with Crippen LogP contribution in [0.15, 0.2) is 18.2 Å². The summed E-state index contributed by atoms with van der Waals surface area (Å²) in [4.78, 5) is 21.1. The van der Waals surface area contributed by atoms with E-state index >= 15 is 0 Å². The van der Waals surface area contributed by atoms with Crippen molar-refractivity contribution in [3.63, 3.8) is 0 Å². The zero-order chi connectivity index (χ0) is 17.3. The summed E-state index contributed by atoms with van der Waals surface area (Å²) in [6.45, 7) is 0.409. The smallest absolute Gasteiger partial charge is 0.340 e. The fourth-order valence-electron chi connectivity index (χ4n) is 3.07. The molecule has 0 aliphatic carbocycles. The number of carbonyl (C=O) groups excluding carboxylic acids is 1. The molecule has 3 rings (SSSR count). The van der Waals surface area contributed by atoms with Crippen LogP contribution >= 0.6 is 0 Å². The van der Waals surface area contributed by atoms with Crippen LogP contribution in [0.1, 0.15) is 44.0 Å². The third-order valence-corrected chi connectivity index (χ3v) is 4.22. The van der Waals surface area contributed by atoms with Crippen LogP contribution in [0, 0.1) is 5.82 Å². The molecule has 8 heteroatoms. The van der Waals surface area contributed by atoms with E-state index in [9.17, 15) is 22.4 Å². The average Bonchev–Trinajstić information content (AvgIpc) is 2.94. The van der Waals surface area contributed by atoms with Crippen LogP contribution in [0.4, 0.5) is 17.6 Å². The number of carbonyl (C=O) groups is 1. The van der Waals surface area contributed by atoms with Crippen LogP contribution < -0.4 is 0 Å². The number of imidazole rings is 1. The van der Waals surface area contributed by atoms with Crippen LogP contribution in [0.2, 0.25) is 0 Å². The highest BCUT2D eigenvalue weighted by atomic mass is 19.4. The van der Waals surface area contributed by atoms with Crippen LogP contribution in [-0.4, -0.2) is 33.5 Å². The van der Waals surface area contributed by atoms with Crippen molar-refractivity contribution >= 4 is 16.9 Å². The first kappa shape index (κ1) is 16.7. The average molecular weight is 343 g/mol. The molecule has 2 heterocycles. The van der Waals surface area contributed by atoms with Crippen molar-refractivity contribution in [3.05, 3.63) is 29.8 Å². The summed E-state index contributed by atoms with van der Waals surface area (Å²) < 4.78 is 50.4. The molecule has 1 unspecified atom stereocenters. The Kier molecular flexibility index (Phi) is 4.47. The summed E-state index contributed by atoms with van der Waals surface area (Å²) in [7, 11) is 0. The predicted molar refractivity (Wildman–Crippen MR) is 79.6 cm³/mol. The summed E-state index contributed by atoms with van der Waals surface area (Å²) in [5.74, 6) is -0.432. The maximum atomic E-state index is 13.3. The highest BCUT2D eigenvalue weighted by Gasteiger charge is 2.33. The quantitative estimate of drug-likeness (QED) is 0.853.